The van der Waals surface area contributed by atoms with Gasteiger partial charge in [-0.15, -0.1) is 0 Å². The van der Waals surface area contributed by atoms with Crippen molar-refractivity contribution in [3.05, 3.63) is 11.6 Å². The minimum atomic E-state index is -0.793. The van der Waals surface area contributed by atoms with Crippen LogP contribution in [0.4, 0.5) is 0 Å². The number of hydrogen-bond donors (Lipinski definition) is 1. The minimum Gasteiger partial charge on any atom is -0.478 e. The summed E-state index contributed by atoms with van der Waals surface area (Å²) in [7, 11) is 0. The highest BCUT2D eigenvalue weighted by molar-refractivity contribution is 5.89. The topological polar surface area (TPSA) is 46.5 Å². The average Bonchev–Trinajstić information content (AvgIpc) is 2.41. The van der Waals surface area contributed by atoms with Crippen molar-refractivity contribution in [1.82, 2.24) is 0 Å². The molecule has 2 bridgehead atoms. The molecule has 3 nitrogen and oxygen atoms in total. The number of hydrogen-bond acceptors (Lipinski definition) is 2. The number of carboxylic acids is 1. The maximum Gasteiger partial charge on any atom is 0.331 e. The van der Waals surface area contributed by atoms with Crippen LogP contribution in [0.15, 0.2) is 11.6 Å². The molecule has 1 saturated heterocycles. The van der Waals surface area contributed by atoms with E-state index in [2.05, 4.69) is 0 Å². The molecule has 1 aliphatic heterocycles. The standard InChI is InChI=1S/C8H10O3/c1-8-3-5(11-4-8)2-6(8)7(9)10/h2,5H,3-4H2,1H3,(H,9,10). The van der Waals surface area contributed by atoms with E-state index in [0.29, 0.717) is 12.2 Å². The van der Waals surface area contributed by atoms with E-state index in [4.69, 9.17) is 9.84 Å². The largest absolute Gasteiger partial charge is 0.478 e. The van der Waals surface area contributed by atoms with E-state index in [-0.39, 0.29) is 11.5 Å². The van der Waals surface area contributed by atoms with E-state index in [9.17, 15) is 4.79 Å². The Kier molecular flexibility index (Phi) is 1.16. The van der Waals surface area contributed by atoms with Crippen molar-refractivity contribution >= 4 is 5.97 Å². The van der Waals surface area contributed by atoms with Crippen molar-refractivity contribution in [2.24, 2.45) is 5.41 Å². The van der Waals surface area contributed by atoms with E-state index < -0.39 is 5.97 Å². The first-order chi connectivity index (χ1) is 5.12. The SMILES string of the molecule is CC12COC(C=C1C(=O)O)C2. The molecule has 2 rings (SSSR count). The summed E-state index contributed by atoms with van der Waals surface area (Å²) in [5.41, 5.74) is 0.324. The van der Waals surface area contributed by atoms with Gasteiger partial charge >= 0.3 is 5.97 Å². The van der Waals surface area contributed by atoms with Gasteiger partial charge in [0.1, 0.15) is 0 Å². The van der Waals surface area contributed by atoms with Crippen molar-refractivity contribution in [2.45, 2.75) is 19.4 Å². The Balaban J connectivity index is 2.36. The van der Waals surface area contributed by atoms with Crippen molar-refractivity contribution in [3.63, 3.8) is 0 Å². The van der Waals surface area contributed by atoms with Crippen LogP contribution in [0.2, 0.25) is 0 Å². The molecular weight excluding hydrogens is 144 g/mol. The molecule has 0 aromatic heterocycles. The molecule has 0 aromatic carbocycles. The quantitative estimate of drug-likeness (QED) is 0.607. The zero-order valence-corrected chi connectivity index (χ0v) is 6.33. The second-order valence-electron chi connectivity index (χ2n) is 3.50. The highest BCUT2D eigenvalue weighted by atomic mass is 16.5. The number of carboxylic acid groups (broad SMARTS) is 1. The number of ether oxygens (including phenoxy) is 1. The van der Waals surface area contributed by atoms with Gasteiger partial charge in [0.05, 0.1) is 12.7 Å². The van der Waals surface area contributed by atoms with E-state index in [1.165, 1.54) is 0 Å². The third kappa shape index (κ3) is 0.807. The summed E-state index contributed by atoms with van der Waals surface area (Å²) >= 11 is 0. The van der Waals surface area contributed by atoms with Crippen LogP contribution in [0.5, 0.6) is 0 Å². The molecule has 0 amide bonds. The van der Waals surface area contributed by atoms with Gasteiger partial charge in [-0.1, -0.05) is 6.92 Å². The lowest BCUT2D eigenvalue weighted by atomic mass is 9.85. The van der Waals surface area contributed by atoms with Crippen molar-refractivity contribution in [3.8, 4) is 0 Å². The van der Waals surface area contributed by atoms with Crippen molar-refractivity contribution in [2.75, 3.05) is 6.61 Å². The molecule has 2 atom stereocenters. The molecule has 2 unspecified atom stereocenters. The molecular formula is C8H10O3. The van der Waals surface area contributed by atoms with Crippen LogP contribution in [-0.2, 0) is 9.53 Å². The molecule has 3 heteroatoms. The summed E-state index contributed by atoms with van der Waals surface area (Å²) in [5.74, 6) is -0.793. The maximum absolute atomic E-state index is 10.7. The molecule has 11 heavy (non-hydrogen) atoms. The fourth-order valence-corrected chi connectivity index (χ4v) is 1.86. The predicted octanol–water partition coefficient (Wildman–Crippen LogP) is 0.806. The molecule has 0 spiro atoms. The molecule has 1 heterocycles. The van der Waals surface area contributed by atoms with Gasteiger partial charge < -0.3 is 9.84 Å². The number of carbonyl (C=O) groups is 1. The van der Waals surface area contributed by atoms with Gasteiger partial charge in [-0.2, -0.15) is 0 Å². The summed E-state index contributed by atoms with van der Waals surface area (Å²) in [6.45, 7) is 2.51. The normalized spacial score (nSPS) is 40.8. The van der Waals surface area contributed by atoms with Gasteiger partial charge in [0.2, 0.25) is 0 Å². The van der Waals surface area contributed by atoms with E-state index in [1.54, 1.807) is 6.08 Å². The predicted molar refractivity (Wildman–Crippen MR) is 38.2 cm³/mol. The summed E-state index contributed by atoms with van der Waals surface area (Å²) in [4.78, 5) is 10.7. The third-order valence-corrected chi connectivity index (χ3v) is 2.50. The molecule has 1 N–H and O–H groups in total. The Morgan fingerprint density at radius 1 is 1.91 bits per heavy atom. The first kappa shape index (κ1) is 6.85. The number of fused-ring (bicyclic) bond motifs is 2. The Morgan fingerprint density at radius 3 is 2.91 bits per heavy atom. The van der Waals surface area contributed by atoms with E-state index >= 15 is 0 Å². The number of rotatable bonds is 1. The lowest BCUT2D eigenvalue weighted by Gasteiger charge is -2.20. The second kappa shape index (κ2) is 1.85. The van der Waals surface area contributed by atoms with Crippen LogP contribution in [0.1, 0.15) is 13.3 Å². The van der Waals surface area contributed by atoms with Crippen LogP contribution < -0.4 is 0 Å². The van der Waals surface area contributed by atoms with Crippen LogP contribution in [0, 0.1) is 5.41 Å². The molecule has 0 aromatic rings. The first-order valence-corrected chi connectivity index (χ1v) is 3.69. The average molecular weight is 154 g/mol. The molecule has 1 fully saturated rings. The van der Waals surface area contributed by atoms with Gasteiger partial charge in [0.15, 0.2) is 0 Å². The van der Waals surface area contributed by atoms with E-state index in [1.807, 2.05) is 6.92 Å². The monoisotopic (exact) mass is 154 g/mol. The zero-order valence-electron chi connectivity index (χ0n) is 6.33. The second-order valence-corrected chi connectivity index (χ2v) is 3.50. The van der Waals surface area contributed by atoms with Gasteiger partial charge in [-0.05, 0) is 12.5 Å². The Hall–Kier alpha value is -0.830. The smallest absolute Gasteiger partial charge is 0.331 e. The van der Waals surface area contributed by atoms with Crippen molar-refractivity contribution < 1.29 is 14.6 Å². The lowest BCUT2D eigenvalue weighted by molar-refractivity contribution is -0.134. The third-order valence-electron chi connectivity index (χ3n) is 2.50. The van der Waals surface area contributed by atoms with Gasteiger partial charge in [0, 0.05) is 11.0 Å². The Labute approximate surface area is 64.7 Å². The maximum atomic E-state index is 10.7. The zero-order chi connectivity index (χ0) is 8.06. The van der Waals surface area contributed by atoms with Crippen LogP contribution in [-0.4, -0.2) is 23.8 Å². The fourth-order valence-electron chi connectivity index (χ4n) is 1.86. The highest BCUT2D eigenvalue weighted by Gasteiger charge is 2.46. The molecule has 0 saturated carbocycles. The fraction of sp³-hybridized carbons (Fsp3) is 0.625. The van der Waals surface area contributed by atoms with E-state index in [0.717, 1.165) is 6.42 Å². The molecule has 2 aliphatic rings. The summed E-state index contributed by atoms with van der Waals surface area (Å²) in [5, 5.41) is 8.78. The molecule has 1 aliphatic carbocycles. The van der Waals surface area contributed by atoms with Crippen LogP contribution in [0.3, 0.4) is 0 Å². The summed E-state index contributed by atoms with van der Waals surface area (Å²) in [6.07, 6.45) is 2.63. The first-order valence-electron chi connectivity index (χ1n) is 3.69. The lowest BCUT2D eigenvalue weighted by Crippen LogP contribution is -2.23. The van der Waals surface area contributed by atoms with Gasteiger partial charge in [-0.25, -0.2) is 4.79 Å². The Bertz CT molecular complexity index is 244. The Morgan fingerprint density at radius 2 is 2.64 bits per heavy atom. The molecule has 60 valence electrons. The van der Waals surface area contributed by atoms with Gasteiger partial charge in [0.25, 0.3) is 0 Å². The minimum absolute atomic E-state index is 0.0612. The number of aliphatic carboxylic acids is 1. The summed E-state index contributed by atoms with van der Waals surface area (Å²) in [6, 6.07) is 0. The van der Waals surface area contributed by atoms with Crippen LogP contribution in [0.25, 0.3) is 0 Å². The van der Waals surface area contributed by atoms with Crippen LogP contribution >= 0.6 is 0 Å². The van der Waals surface area contributed by atoms with Crippen molar-refractivity contribution in [1.29, 1.82) is 0 Å². The molecule has 0 radical (unpaired) electrons. The van der Waals surface area contributed by atoms with Gasteiger partial charge in [-0.3, -0.25) is 0 Å². The highest BCUT2D eigenvalue weighted by Crippen LogP contribution is 2.45. The summed E-state index contributed by atoms with van der Waals surface area (Å²) < 4.78 is 5.30.